The highest BCUT2D eigenvalue weighted by Gasteiger charge is 2.30. The molecule has 0 amide bonds. The highest BCUT2D eigenvalue weighted by molar-refractivity contribution is 4.97. The Labute approximate surface area is 115 Å². The molecule has 1 aromatic heterocycles. The normalized spacial score (nSPS) is 22.4. The maximum atomic E-state index is 5.51. The number of hydrogen-bond acceptors (Lipinski definition) is 5. The molecule has 1 aliphatic heterocycles. The van der Waals surface area contributed by atoms with Gasteiger partial charge in [0.25, 0.3) is 0 Å². The van der Waals surface area contributed by atoms with Crippen LogP contribution in [-0.4, -0.2) is 30.3 Å². The van der Waals surface area contributed by atoms with Gasteiger partial charge in [-0.25, -0.2) is 0 Å². The smallest absolute Gasteiger partial charge is 0.227 e. The standard InChI is InChI=1S/C14H25N3O2/c1-14(2,3)12(18-4)13-16-11(19-17-13)8-10-6-5-7-15-9-10/h10,12,15H,5-9H2,1-4H3. The monoisotopic (exact) mass is 267 g/mol. The Kier molecular flexibility index (Phi) is 4.58. The Morgan fingerprint density at radius 3 is 2.84 bits per heavy atom. The number of rotatable bonds is 4. The second-order valence-electron chi connectivity index (χ2n) is 6.44. The molecule has 2 atom stereocenters. The van der Waals surface area contributed by atoms with Crippen molar-refractivity contribution in [3.63, 3.8) is 0 Å². The van der Waals surface area contributed by atoms with Gasteiger partial charge in [-0.3, -0.25) is 0 Å². The van der Waals surface area contributed by atoms with Crippen molar-refractivity contribution in [1.29, 1.82) is 0 Å². The zero-order chi connectivity index (χ0) is 13.9. The Morgan fingerprint density at radius 1 is 1.47 bits per heavy atom. The van der Waals surface area contributed by atoms with E-state index in [0.29, 0.717) is 11.7 Å². The molecule has 0 bridgehead atoms. The maximum absolute atomic E-state index is 5.51. The van der Waals surface area contributed by atoms with Crippen molar-refractivity contribution in [2.45, 2.75) is 46.1 Å². The van der Waals surface area contributed by atoms with E-state index in [1.807, 2.05) is 0 Å². The summed E-state index contributed by atoms with van der Waals surface area (Å²) >= 11 is 0. The van der Waals surface area contributed by atoms with Crippen LogP contribution in [0.15, 0.2) is 4.52 Å². The molecule has 2 rings (SSSR count). The van der Waals surface area contributed by atoms with Crippen LogP contribution < -0.4 is 5.32 Å². The lowest BCUT2D eigenvalue weighted by atomic mass is 9.88. The minimum Gasteiger partial charge on any atom is -0.373 e. The van der Waals surface area contributed by atoms with Crippen LogP contribution in [0.3, 0.4) is 0 Å². The van der Waals surface area contributed by atoms with E-state index in [4.69, 9.17) is 9.26 Å². The Bertz CT molecular complexity index is 392. The highest BCUT2D eigenvalue weighted by Crippen LogP contribution is 2.33. The summed E-state index contributed by atoms with van der Waals surface area (Å²) in [6, 6.07) is 0. The number of ether oxygens (including phenoxy) is 1. The molecule has 1 aromatic rings. The van der Waals surface area contributed by atoms with Gasteiger partial charge in [-0.05, 0) is 37.3 Å². The van der Waals surface area contributed by atoms with Crippen LogP contribution >= 0.6 is 0 Å². The molecule has 19 heavy (non-hydrogen) atoms. The van der Waals surface area contributed by atoms with Gasteiger partial charge in [0.05, 0.1) is 0 Å². The summed E-state index contributed by atoms with van der Waals surface area (Å²) < 4.78 is 10.9. The molecular weight excluding hydrogens is 242 g/mol. The summed E-state index contributed by atoms with van der Waals surface area (Å²) in [6.07, 6.45) is 3.20. The fourth-order valence-corrected chi connectivity index (χ4v) is 2.65. The van der Waals surface area contributed by atoms with Crippen LogP contribution in [-0.2, 0) is 11.2 Å². The summed E-state index contributed by atoms with van der Waals surface area (Å²) in [4.78, 5) is 4.51. The van der Waals surface area contributed by atoms with Crippen LogP contribution in [0, 0.1) is 11.3 Å². The van der Waals surface area contributed by atoms with Crippen LogP contribution in [0.4, 0.5) is 0 Å². The molecule has 2 heterocycles. The van der Waals surface area contributed by atoms with E-state index in [2.05, 4.69) is 36.2 Å². The second-order valence-corrected chi connectivity index (χ2v) is 6.44. The fourth-order valence-electron chi connectivity index (χ4n) is 2.65. The molecule has 0 spiro atoms. The molecule has 0 aromatic carbocycles. The van der Waals surface area contributed by atoms with Crippen molar-refractivity contribution in [2.24, 2.45) is 11.3 Å². The predicted molar refractivity (Wildman–Crippen MR) is 72.8 cm³/mol. The van der Waals surface area contributed by atoms with Crippen LogP contribution in [0.5, 0.6) is 0 Å². The molecule has 1 saturated heterocycles. The lowest BCUT2D eigenvalue weighted by molar-refractivity contribution is 0.00718. The molecular formula is C14H25N3O2. The van der Waals surface area contributed by atoms with E-state index in [1.54, 1.807) is 7.11 Å². The zero-order valence-corrected chi connectivity index (χ0v) is 12.4. The lowest BCUT2D eigenvalue weighted by Gasteiger charge is -2.26. The first-order valence-electron chi connectivity index (χ1n) is 7.06. The average molecular weight is 267 g/mol. The molecule has 5 heteroatoms. The second kappa shape index (κ2) is 6.01. The van der Waals surface area contributed by atoms with Crippen molar-refractivity contribution < 1.29 is 9.26 Å². The number of methoxy groups -OCH3 is 1. The maximum Gasteiger partial charge on any atom is 0.227 e. The van der Waals surface area contributed by atoms with Crippen molar-refractivity contribution in [1.82, 2.24) is 15.5 Å². The van der Waals surface area contributed by atoms with Crippen molar-refractivity contribution in [2.75, 3.05) is 20.2 Å². The molecule has 1 fully saturated rings. The largest absolute Gasteiger partial charge is 0.373 e. The van der Waals surface area contributed by atoms with E-state index >= 15 is 0 Å². The average Bonchev–Trinajstić information content (AvgIpc) is 2.77. The number of nitrogens with zero attached hydrogens (tertiary/aromatic N) is 2. The fraction of sp³-hybridized carbons (Fsp3) is 0.857. The number of aromatic nitrogens is 2. The molecule has 5 nitrogen and oxygen atoms in total. The number of hydrogen-bond donors (Lipinski definition) is 1. The molecule has 108 valence electrons. The van der Waals surface area contributed by atoms with Gasteiger partial charge in [0.2, 0.25) is 11.7 Å². The number of piperidine rings is 1. The highest BCUT2D eigenvalue weighted by atomic mass is 16.5. The van der Waals surface area contributed by atoms with E-state index in [9.17, 15) is 0 Å². The Hall–Kier alpha value is -0.940. The summed E-state index contributed by atoms with van der Waals surface area (Å²) in [5.41, 5.74) is -0.0394. The summed E-state index contributed by atoms with van der Waals surface area (Å²) in [7, 11) is 1.69. The van der Waals surface area contributed by atoms with Crippen LogP contribution in [0.1, 0.15) is 51.4 Å². The van der Waals surface area contributed by atoms with Gasteiger partial charge in [-0.15, -0.1) is 0 Å². The molecule has 0 saturated carbocycles. The summed E-state index contributed by atoms with van der Waals surface area (Å²) in [5.74, 6) is 2.00. The third-order valence-corrected chi connectivity index (χ3v) is 3.60. The summed E-state index contributed by atoms with van der Waals surface area (Å²) in [5, 5.41) is 7.49. The van der Waals surface area contributed by atoms with E-state index in [-0.39, 0.29) is 11.5 Å². The molecule has 2 unspecified atom stereocenters. The van der Waals surface area contributed by atoms with Gasteiger partial charge < -0.3 is 14.6 Å². The Morgan fingerprint density at radius 2 is 2.26 bits per heavy atom. The first-order chi connectivity index (χ1) is 9.00. The van der Waals surface area contributed by atoms with Crippen molar-refractivity contribution in [3.8, 4) is 0 Å². The third kappa shape index (κ3) is 3.76. The van der Waals surface area contributed by atoms with Gasteiger partial charge in [0, 0.05) is 13.5 Å². The third-order valence-electron chi connectivity index (χ3n) is 3.60. The van der Waals surface area contributed by atoms with Gasteiger partial charge in [-0.1, -0.05) is 25.9 Å². The molecule has 1 aliphatic rings. The first-order valence-corrected chi connectivity index (χ1v) is 7.06. The van der Waals surface area contributed by atoms with Crippen LogP contribution in [0.25, 0.3) is 0 Å². The topological polar surface area (TPSA) is 60.2 Å². The van der Waals surface area contributed by atoms with Gasteiger partial charge in [0.15, 0.2) is 0 Å². The van der Waals surface area contributed by atoms with Gasteiger partial charge in [-0.2, -0.15) is 4.98 Å². The van der Waals surface area contributed by atoms with E-state index in [0.717, 1.165) is 25.4 Å². The number of nitrogens with one attached hydrogen (secondary N) is 1. The quantitative estimate of drug-likeness (QED) is 0.907. The molecule has 1 N–H and O–H groups in total. The SMILES string of the molecule is COC(c1noc(CC2CCCNC2)n1)C(C)(C)C. The van der Waals surface area contributed by atoms with Gasteiger partial charge in [0.1, 0.15) is 6.10 Å². The van der Waals surface area contributed by atoms with Crippen LogP contribution in [0.2, 0.25) is 0 Å². The summed E-state index contributed by atoms with van der Waals surface area (Å²) in [6.45, 7) is 8.51. The lowest BCUT2D eigenvalue weighted by Crippen LogP contribution is -2.30. The minimum absolute atomic E-state index is 0.0394. The predicted octanol–water partition coefficient (Wildman–Crippen LogP) is 2.35. The van der Waals surface area contributed by atoms with E-state index < -0.39 is 0 Å². The zero-order valence-electron chi connectivity index (χ0n) is 12.4. The van der Waals surface area contributed by atoms with E-state index in [1.165, 1.54) is 12.8 Å². The van der Waals surface area contributed by atoms with Crippen molar-refractivity contribution in [3.05, 3.63) is 11.7 Å². The molecule has 0 aliphatic carbocycles. The van der Waals surface area contributed by atoms with Crippen molar-refractivity contribution >= 4 is 0 Å². The Balaban J connectivity index is 2.01. The molecule has 0 radical (unpaired) electrons. The van der Waals surface area contributed by atoms with Gasteiger partial charge >= 0.3 is 0 Å². The first kappa shape index (κ1) is 14.5. The minimum atomic E-state index is -0.130.